The van der Waals surface area contributed by atoms with Crippen LogP contribution in [0.15, 0.2) is 42.5 Å². The number of hydrogen-bond donors (Lipinski definition) is 3. The van der Waals surface area contributed by atoms with Crippen molar-refractivity contribution in [3.63, 3.8) is 0 Å². The molecule has 4 rings (SSSR count). The summed E-state index contributed by atoms with van der Waals surface area (Å²) >= 11 is 0. The predicted molar refractivity (Wildman–Crippen MR) is 127 cm³/mol. The van der Waals surface area contributed by atoms with E-state index in [4.69, 9.17) is 4.74 Å². The summed E-state index contributed by atoms with van der Waals surface area (Å²) in [7, 11) is 0. The SMILES string of the molecule is CC(C)N(NC(=O)c1ccc2ccccc2c1)C(=O)C1CCCC[C@H]1C(=O)N[C@H]1CC(=O)OC1O. The topological polar surface area (TPSA) is 125 Å². The number of nitrogens with zero attached hydrogens (tertiary/aromatic N) is 1. The van der Waals surface area contributed by atoms with Crippen LogP contribution >= 0.6 is 0 Å². The number of nitrogens with one attached hydrogen (secondary N) is 2. The summed E-state index contributed by atoms with van der Waals surface area (Å²) in [4.78, 5) is 51.1. The molecule has 186 valence electrons. The molecule has 1 aliphatic carbocycles. The molecule has 2 aromatic rings. The minimum atomic E-state index is -1.39. The van der Waals surface area contributed by atoms with E-state index in [1.54, 1.807) is 26.0 Å². The molecule has 0 aromatic heterocycles. The maximum absolute atomic E-state index is 13.6. The summed E-state index contributed by atoms with van der Waals surface area (Å²) < 4.78 is 4.70. The van der Waals surface area contributed by atoms with Gasteiger partial charge in [-0.05, 0) is 49.6 Å². The zero-order valence-corrected chi connectivity index (χ0v) is 19.9. The lowest BCUT2D eigenvalue weighted by atomic mass is 9.77. The molecule has 9 nitrogen and oxygen atoms in total. The molecule has 1 saturated carbocycles. The van der Waals surface area contributed by atoms with Gasteiger partial charge < -0.3 is 15.2 Å². The number of hydrazine groups is 1. The van der Waals surface area contributed by atoms with Gasteiger partial charge in [-0.15, -0.1) is 0 Å². The molecule has 1 heterocycles. The van der Waals surface area contributed by atoms with Crippen molar-refractivity contribution < 1.29 is 29.0 Å². The first-order chi connectivity index (χ1) is 16.7. The van der Waals surface area contributed by atoms with Crippen LogP contribution in [0, 0.1) is 11.8 Å². The van der Waals surface area contributed by atoms with Crippen LogP contribution in [0.5, 0.6) is 0 Å². The van der Waals surface area contributed by atoms with Crippen LogP contribution < -0.4 is 10.7 Å². The van der Waals surface area contributed by atoms with Gasteiger partial charge in [-0.2, -0.15) is 0 Å². The molecule has 0 bridgehead atoms. The molecule has 2 unspecified atom stereocenters. The highest BCUT2D eigenvalue weighted by molar-refractivity contribution is 5.99. The Kier molecular flexibility index (Phi) is 7.35. The number of aliphatic hydroxyl groups excluding tert-OH is 1. The van der Waals surface area contributed by atoms with Crippen LogP contribution in [-0.4, -0.2) is 52.2 Å². The molecular formula is C26H31N3O6. The van der Waals surface area contributed by atoms with E-state index in [2.05, 4.69) is 10.7 Å². The van der Waals surface area contributed by atoms with Crippen molar-refractivity contribution in [2.24, 2.45) is 11.8 Å². The number of aliphatic hydroxyl groups is 1. The third kappa shape index (κ3) is 5.45. The van der Waals surface area contributed by atoms with E-state index in [9.17, 15) is 24.3 Å². The number of carbonyl (C=O) groups is 4. The van der Waals surface area contributed by atoms with Gasteiger partial charge in [-0.3, -0.25) is 29.6 Å². The summed E-state index contributed by atoms with van der Waals surface area (Å²) in [6, 6.07) is 11.9. The van der Waals surface area contributed by atoms with Crippen LogP contribution in [0.2, 0.25) is 0 Å². The van der Waals surface area contributed by atoms with E-state index >= 15 is 0 Å². The first kappa shape index (κ1) is 24.7. The molecule has 3 amide bonds. The van der Waals surface area contributed by atoms with Crippen LogP contribution in [-0.2, 0) is 19.1 Å². The lowest BCUT2D eigenvalue weighted by molar-refractivity contribution is -0.156. The molecule has 2 fully saturated rings. The molecule has 4 atom stereocenters. The zero-order chi connectivity index (χ0) is 25.1. The third-order valence-electron chi connectivity index (χ3n) is 6.72. The molecule has 1 saturated heterocycles. The van der Waals surface area contributed by atoms with Crippen molar-refractivity contribution in [2.75, 3.05) is 0 Å². The fourth-order valence-corrected chi connectivity index (χ4v) is 4.82. The number of ether oxygens (including phenoxy) is 1. The van der Waals surface area contributed by atoms with Gasteiger partial charge in [0.25, 0.3) is 5.91 Å². The van der Waals surface area contributed by atoms with Crippen LogP contribution in [0.3, 0.4) is 0 Å². The van der Waals surface area contributed by atoms with Gasteiger partial charge in [0.2, 0.25) is 18.1 Å². The molecule has 2 aliphatic rings. The van der Waals surface area contributed by atoms with Gasteiger partial charge in [-0.25, -0.2) is 0 Å². The quantitative estimate of drug-likeness (QED) is 0.445. The van der Waals surface area contributed by atoms with Gasteiger partial charge in [0.15, 0.2) is 0 Å². The van der Waals surface area contributed by atoms with E-state index in [0.29, 0.717) is 18.4 Å². The molecule has 3 N–H and O–H groups in total. The van der Waals surface area contributed by atoms with E-state index < -0.39 is 42.0 Å². The van der Waals surface area contributed by atoms with Crippen LogP contribution in [0.1, 0.15) is 56.3 Å². The molecular weight excluding hydrogens is 450 g/mol. The predicted octanol–water partition coefficient (Wildman–Crippen LogP) is 2.28. The summed E-state index contributed by atoms with van der Waals surface area (Å²) in [5.74, 6) is -2.96. The van der Waals surface area contributed by atoms with Crippen molar-refractivity contribution in [1.29, 1.82) is 0 Å². The average Bonchev–Trinajstić information content (AvgIpc) is 3.17. The van der Waals surface area contributed by atoms with E-state index in [1.165, 1.54) is 5.01 Å². The maximum Gasteiger partial charge on any atom is 0.310 e. The number of rotatable bonds is 5. The Morgan fingerprint density at radius 3 is 2.37 bits per heavy atom. The third-order valence-corrected chi connectivity index (χ3v) is 6.72. The van der Waals surface area contributed by atoms with Crippen LogP contribution in [0.25, 0.3) is 10.8 Å². The molecule has 0 spiro atoms. The van der Waals surface area contributed by atoms with Crippen molar-refractivity contribution >= 4 is 34.5 Å². The number of cyclic esters (lactones) is 1. The Hall–Kier alpha value is -3.46. The smallest absolute Gasteiger partial charge is 0.310 e. The number of carbonyl (C=O) groups excluding carboxylic acids is 4. The highest BCUT2D eigenvalue weighted by Gasteiger charge is 2.42. The maximum atomic E-state index is 13.6. The van der Waals surface area contributed by atoms with E-state index in [-0.39, 0.29) is 18.4 Å². The monoisotopic (exact) mass is 481 g/mol. The number of benzene rings is 2. The Morgan fingerprint density at radius 1 is 1.03 bits per heavy atom. The van der Waals surface area contributed by atoms with E-state index in [0.717, 1.165) is 23.6 Å². The van der Waals surface area contributed by atoms with Gasteiger partial charge in [0, 0.05) is 17.5 Å². The normalized spacial score (nSPS) is 24.2. The standard InChI is InChI=1S/C26H31N3O6/c1-15(2)29(28-23(31)18-12-11-16-7-3-4-8-17(16)13-18)25(33)20-10-6-5-9-19(20)24(32)27-21-14-22(30)35-26(21)34/h3-4,7-8,11-13,15,19-21,26,34H,5-6,9-10,14H2,1-2H3,(H,27,32)(H,28,31)/t19-,20?,21+,26?/m1/s1. The Bertz CT molecular complexity index is 1130. The fourth-order valence-electron chi connectivity index (χ4n) is 4.82. The molecule has 9 heteroatoms. The summed E-state index contributed by atoms with van der Waals surface area (Å²) in [6.07, 6.45) is 1.09. The van der Waals surface area contributed by atoms with Gasteiger partial charge in [-0.1, -0.05) is 43.2 Å². The second-order valence-corrected chi connectivity index (χ2v) is 9.50. The molecule has 1 aliphatic heterocycles. The largest absolute Gasteiger partial charge is 0.434 e. The summed E-state index contributed by atoms with van der Waals surface area (Å²) in [5.41, 5.74) is 3.18. The van der Waals surface area contributed by atoms with Gasteiger partial charge in [0.1, 0.15) is 6.04 Å². The minimum Gasteiger partial charge on any atom is -0.434 e. The number of fused-ring (bicyclic) bond motifs is 1. The Morgan fingerprint density at radius 2 is 1.71 bits per heavy atom. The first-order valence-corrected chi connectivity index (χ1v) is 12.1. The summed E-state index contributed by atoms with van der Waals surface area (Å²) in [5, 5.41) is 15.7. The minimum absolute atomic E-state index is 0.113. The number of amides is 3. The lowest BCUT2D eigenvalue weighted by Gasteiger charge is -2.36. The Balaban J connectivity index is 1.48. The fraction of sp³-hybridized carbons (Fsp3) is 0.462. The number of hydrogen-bond acceptors (Lipinski definition) is 6. The lowest BCUT2D eigenvalue weighted by Crippen LogP contribution is -2.55. The van der Waals surface area contributed by atoms with Crippen molar-refractivity contribution in [3.8, 4) is 0 Å². The van der Waals surface area contributed by atoms with Crippen molar-refractivity contribution in [2.45, 2.75) is 64.3 Å². The van der Waals surface area contributed by atoms with Crippen molar-refractivity contribution in [3.05, 3.63) is 48.0 Å². The van der Waals surface area contributed by atoms with Crippen molar-refractivity contribution in [1.82, 2.24) is 15.8 Å². The Labute approximate surface area is 203 Å². The van der Waals surface area contributed by atoms with Gasteiger partial charge >= 0.3 is 5.97 Å². The highest BCUT2D eigenvalue weighted by Crippen LogP contribution is 2.32. The summed E-state index contributed by atoms with van der Waals surface area (Å²) in [6.45, 7) is 3.60. The van der Waals surface area contributed by atoms with E-state index in [1.807, 2.05) is 30.3 Å². The highest BCUT2D eigenvalue weighted by atomic mass is 16.6. The molecule has 0 radical (unpaired) electrons. The van der Waals surface area contributed by atoms with Crippen LogP contribution in [0.4, 0.5) is 0 Å². The first-order valence-electron chi connectivity index (χ1n) is 12.1. The average molecular weight is 482 g/mol. The second kappa shape index (κ2) is 10.4. The molecule has 2 aromatic carbocycles. The second-order valence-electron chi connectivity index (χ2n) is 9.50. The van der Waals surface area contributed by atoms with Gasteiger partial charge in [0.05, 0.1) is 12.3 Å². The number of esters is 1. The molecule has 35 heavy (non-hydrogen) atoms. The zero-order valence-electron chi connectivity index (χ0n) is 19.9.